The first kappa shape index (κ1) is 25.2. The molecule has 10 nitrogen and oxygen atoms in total. The molecular weight excluding hydrogens is 462 g/mol. The molecule has 0 bridgehead atoms. The number of nitrogens with one attached hydrogen (secondary N) is 1. The number of rotatable bonds is 9. The van der Waals surface area contributed by atoms with Gasteiger partial charge in [0.2, 0.25) is 10.0 Å². The maximum atomic E-state index is 12.7. The number of ether oxygens (including phenoxy) is 1. The number of benzene rings is 2. The maximum absolute atomic E-state index is 12.7. The highest BCUT2D eigenvalue weighted by atomic mass is 35.5. The predicted octanol–water partition coefficient (Wildman–Crippen LogP) is 3.38. The normalized spacial score (nSPS) is 11.3. The van der Waals surface area contributed by atoms with Crippen LogP contribution in [0.3, 0.4) is 0 Å². The molecule has 0 aliphatic rings. The van der Waals surface area contributed by atoms with Gasteiger partial charge in [0.05, 0.1) is 26.1 Å². The number of nitro benzene ring substituents is 1. The van der Waals surface area contributed by atoms with Crippen molar-refractivity contribution in [1.82, 2.24) is 4.31 Å². The standard InChI is InChI=1S/C20H22ClN3O7S/c1-4-23(5-2)32(29,30)15-8-6-13(3)16(11-15)20(26)31-12-19(25)22-18-9-7-14(24(27)28)10-17(18)21/h6-11H,4-5,12H2,1-3H3,(H,22,25). The molecule has 12 heteroatoms. The van der Waals surface area contributed by atoms with Crippen molar-refractivity contribution in [1.29, 1.82) is 0 Å². The minimum atomic E-state index is -3.78. The van der Waals surface area contributed by atoms with Gasteiger partial charge in [0.15, 0.2) is 6.61 Å². The zero-order chi connectivity index (χ0) is 24.1. The molecule has 0 unspecified atom stereocenters. The van der Waals surface area contributed by atoms with E-state index in [1.54, 1.807) is 20.8 Å². The number of aryl methyl sites for hydroxylation is 1. The Balaban J connectivity index is 2.11. The third-order valence-corrected chi connectivity index (χ3v) is 6.90. The molecule has 0 fully saturated rings. The molecule has 0 radical (unpaired) electrons. The van der Waals surface area contributed by atoms with E-state index in [1.807, 2.05) is 0 Å². The number of nitrogens with zero attached hydrogens (tertiary/aromatic N) is 2. The molecule has 0 atom stereocenters. The summed E-state index contributed by atoms with van der Waals surface area (Å²) in [7, 11) is -3.78. The van der Waals surface area contributed by atoms with Crippen LogP contribution >= 0.6 is 11.6 Å². The van der Waals surface area contributed by atoms with Crippen LogP contribution in [0.4, 0.5) is 11.4 Å². The maximum Gasteiger partial charge on any atom is 0.338 e. The largest absolute Gasteiger partial charge is 0.452 e. The second-order valence-electron chi connectivity index (χ2n) is 6.61. The number of halogens is 1. The molecule has 0 aromatic heterocycles. The Hall–Kier alpha value is -3.02. The van der Waals surface area contributed by atoms with E-state index >= 15 is 0 Å². The smallest absolute Gasteiger partial charge is 0.338 e. The van der Waals surface area contributed by atoms with Crippen molar-refractivity contribution in [3.63, 3.8) is 0 Å². The number of carbonyl (C=O) groups excluding carboxylic acids is 2. The van der Waals surface area contributed by atoms with Gasteiger partial charge in [-0.2, -0.15) is 4.31 Å². The second kappa shape index (κ2) is 10.5. The fourth-order valence-corrected chi connectivity index (χ4v) is 4.51. The van der Waals surface area contributed by atoms with Gasteiger partial charge in [-0.15, -0.1) is 0 Å². The molecule has 0 aliphatic heterocycles. The summed E-state index contributed by atoms with van der Waals surface area (Å²) < 4.78 is 31.7. The molecule has 0 saturated carbocycles. The minimum absolute atomic E-state index is 0.0133. The van der Waals surface area contributed by atoms with Gasteiger partial charge in [-0.05, 0) is 30.7 Å². The number of carbonyl (C=O) groups is 2. The predicted molar refractivity (Wildman–Crippen MR) is 118 cm³/mol. The van der Waals surface area contributed by atoms with E-state index in [2.05, 4.69) is 5.32 Å². The molecule has 2 aromatic carbocycles. The Labute approximate surface area is 190 Å². The molecule has 0 aliphatic carbocycles. The van der Waals surface area contributed by atoms with Gasteiger partial charge < -0.3 is 10.1 Å². The Bertz CT molecular complexity index is 1150. The van der Waals surface area contributed by atoms with E-state index in [0.717, 1.165) is 6.07 Å². The SMILES string of the molecule is CCN(CC)S(=O)(=O)c1ccc(C)c(C(=O)OCC(=O)Nc2ccc([N+](=O)[O-])cc2Cl)c1. The van der Waals surface area contributed by atoms with Gasteiger partial charge in [0.25, 0.3) is 11.6 Å². The third-order valence-electron chi connectivity index (χ3n) is 4.54. The topological polar surface area (TPSA) is 136 Å². The lowest BCUT2D eigenvalue weighted by molar-refractivity contribution is -0.384. The van der Waals surface area contributed by atoms with Crippen molar-refractivity contribution in [2.24, 2.45) is 0 Å². The van der Waals surface area contributed by atoms with Gasteiger partial charge in [-0.1, -0.05) is 31.5 Å². The lowest BCUT2D eigenvalue weighted by atomic mass is 10.1. The Morgan fingerprint density at radius 2 is 1.81 bits per heavy atom. The highest BCUT2D eigenvalue weighted by Gasteiger charge is 2.24. The Morgan fingerprint density at radius 1 is 1.16 bits per heavy atom. The van der Waals surface area contributed by atoms with E-state index in [1.165, 1.54) is 34.6 Å². The quantitative estimate of drug-likeness (QED) is 0.328. The Morgan fingerprint density at radius 3 is 2.38 bits per heavy atom. The fraction of sp³-hybridized carbons (Fsp3) is 0.300. The molecule has 0 saturated heterocycles. The van der Waals surface area contributed by atoms with Crippen molar-refractivity contribution >= 4 is 44.9 Å². The van der Waals surface area contributed by atoms with Crippen LogP contribution in [-0.4, -0.2) is 49.2 Å². The number of sulfonamides is 1. The van der Waals surface area contributed by atoms with Crippen molar-refractivity contribution in [3.8, 4) is 0 Å². The summed E-state index contributed by atoms with van der Waals surface area (Å²) in [6.07, 6.45) is 0. The molecule has 0 heterocycles. The molecule has 0 spiro atoms. The zero-order valence-electron chi connectivity index (χ0n) is 17.6. The van der Waals surface area contributed by atoms with Crippen LogP contribution in [0.5, 0.6) is 0 Å². The van der Waals surface area contributed by atoms with E-state index in [0.29, 0.717) is 5.56 Å². The van der Waals surface area contributed by atoms with Crippen molar-refractivity contribution < 1.29 is 27.7 Å². The fourth-order valence-electron chi connectivity index (χ4n) is 2.81. The average Bonchev–Trinajstić information content (AvgIpc) is 2.74. The summed E-state index contributed by atoms with van der Waals surface area (Å²) >= 11 is 5.92. The van der Waals surface area contributed by atoms with Gasteiger partial charge in [-0.3, -0.25) is 14.9 Å². The molecule has 1 N–H and O–H groups in total. The van der Waals surface area contributed by atoms with Crippen molar-refractivity contribution in [3.05, 3.63) is 62.7 Å². The van der Waals surface area contributed by atoms with Crippen LogP contribution in [0.15, 0.2) is 41.3 Å². The number of amides is 1. The highest BCUT2D eigenvalue weighted by molar-refractivity contribution is 7.89. The van der Waals surface area contributed by atoms with Crippen LogP contribution in [0.2, 0.25) is 5.02 Å². The summed E-state index contributed by atoms with van der Waals surface area (Å²) in [6.45, 7) is 4.91. The van der Waals surface area contributed by atoms with Gasteiger partial charge in [0, 0.05) is 25.2 Å². The number of non-ortho nitro benzene ring substituents is 1. The van der Waals surface area contributed by atoms with Crippen LogP contribution in [0.25, 0.3) is 0 Å². The lowest BCUT2D eigenvalue weighted by Crippen LogP contribution is -2.30. The third kappa shape index (κ3) is 5.81. The first-order valence-corrected chi connectivity index (χ1v) is 11.3. The van der Waals surface area contributed by atoms with Crippen molar-refractivity contribution in [2.45, 2.75) is 25.7 Å². The van der Waals surface area contributed by atoms with E-state index in [9.17, 15) is 28.1 Å². The highest BCUT2D eigenvalue weighted by Crippen LogP contribution is 2.26. The van der Waals surface area contributed by atoms with Crippen molar-refractivity contribution in [2.75, 3.05) is 25.0 Å². The molecule has 1 amide bonds. The first-order chi connectivity index (χ1) is 15.0. The number of anilines is 1. The van der Waals surface area contributed by atoms with Crippen LogP contribution in [0.1, 0.15) is 29.8 Å². The van der Waals surface area contributed by atoms with Gasteiger partial charge in [-0.25, -0.2) is 13.2 Å². The van der Waals surface area contributed by atoms with E-state index in [4.69, 9.17) is 16.3 Å². The molecule has 2 aromatic rings. The molecular formula is C20H22ClN3O7S. The molecule has 2 rings (SSSR count). The number of esters is 1. The van der Waals surface area contributed by atoms with Crippen LogP contribution in [-0.2, 0) is 19.6 Å². The monoisotopic (exact) mass is 483 g/mol. The Kier molecular flexibility index (Phi) is 8.31. The van der Waals surface area contributed by atoms with Crippen LogP contribution < -0.4 is 5.32 Å². The first-order valence-electron chi connectivity index (χ1n) is 9.53. The van der Waals surface area contributed by atoms with E-state index < -0.39 is 33.4 Å². The number of hydrogen-bond donors (Lipinski definition) is 1. The molecule has 172 valence electrons. The minimum Gasteiger partial charge on any atom is -0.452 e. The van der Waals surface area contributed by atoms with Gasteiger partial charge in [0.1, 0.15) is 0 Å². The molecule has 32 heavy (non-hydrogen) atoms. The van der Waals surface area contributed by atoms with Crippen LogP contribution in [0, 0.1) is 17.0 Å². The summed E-state index contributed by atoms with van der Waals surface area (Å²) in [5.74, 6) is -1.59. The number of nitro groups is 1. The zero-order valence-corrected chi connectivity index (χ0v) is 19.2. The average molecular weight is 484 g/mol. The second-order valence-corrected chi connectivity index (χ2v) is 8.96. The van der Waals surface area contributed by atoms with Gasteiger partial charge >= 0.3 is 5.97 Å². The number of hydrogen-bond acceptors (Lipinski definition) is 7. The summed E-state index contributed by atoms with van der Waals surface area (Å²) in [5.41, 5.74) is 0.364. The summed E-state index contributed by atoms with van der Waals surface area (Å²) in [4.78, 5) is 34.7. The summed E-state index contributed by atoms with van der Waals surface area (Å²) in [5, 5.41) is 13.1. The van der Waals surface area contributed by atoms with E-state index in [-0.39, 0.29) is 39.9 Å². The summed E-state index contributed by atoms with van der Waals surface area (Å²) in [6, 6.07) is 7.61. The lowest BCUT2D eigenvalue weighted by Gasteiger charge is -2.19.